The predicted molar refractivity (Wildman–Crippen MR) is 240 cm³/mol. The molecular formula is C54H38Si. The molecule has 0 unspecified atom stereocenters. The van der Waals surface area contributed by atoms with Gasteiger partial charge in [0.15, 0.2) is 0 Å². The van der Waals surface area contributed by atoms with Crippen molar-refractivity contribution >= 4 is 61.5 Å². The summed E-state index contributed by atoms with van der Waals surface area (Å²) >= 11 is 0. The Morgan fingerprint density at radius 3 is 1.67 bits per heavy atom. The number of hydrogen-bond donors (Lipinski definition) is 0. The lowest BCUT2D eigenvalue weighted by Crippen LogP contribution is -2.49. The summed E-state index contributed by atoms with van der Waals surface area (Å²) in [5, 5.41) is 13.3. The molecule has 0 bridgehead atoms. The van der Waals surface area contributed by atoms with E-state index in [1.807, 2.05) is 0 Å². The lowest BCUT2D eigenvalue weighted by Gasteiger charge is -2.24. The predicted octanol–water partition coefficient (Wildman–Crippen LogP) is 13.8. The van der Waals surface area contributed by atoms with E-state index in [0.29, 0.717) is 0 Å². The molecule has 0 aromatic heterocycles. The fraction of sp³-hybridized carbons (Fsp3) is 0.0370. The van der Waals surface area contributed by atoms with Crippen LogP contribution >= 0.6 is 0 Å². The Morgan fingerprint density at radius 1 is 0.273 bits per heavy atom. The molecule has 0 aliphatic carbocycles. The molecule has 1 heterocycles. The highest BCUT2D eigenvalue weighted by Gasteiger charge is 2.38. The smallest absolute Gasteiger partial charge is 0.0623 e. The van der Waals surface area contributed by atoms with Crippen LogP contribution in [0.1, 0.15) is 0 Å². The summed E-state index contributed by atoms with van der Waals surface area (Å²) in [4.78, 5) is 0. The molecule has 10 aromatic rings. The zero-order chi connectivity index (χ0) is 36.7. The molecule has 0 radical (unpaired) electrons. The highest BCUT2D eigenvalue weighted by molar-refractivity contribution is 7.04. The van der Waals surface area contributed by atoms with Gasteiger partial charge in [-0.15, -0.1) is 0 Å². The number of benzene rings is 10. The second-order valence-electron chi connectivity index (χ2n) is 15.6. The average molecular weight is 715 g/mol. The zero-order valence-electron chi connectivity index (χ0n) is 31.0. The minimum absolute atomic E-state index is 1.22. The van der Waals surface area contributed by atoms with Crippen molar-refractivity contribution in [2.45, 2.75) is 13.1 Å². The Labute approximate surface area is 323 Å². The molecule has 11 rings (SSSR count). The third-order valence-corrected chi connectivity index (χ3v) is 15.8. The minimum atomic E-state index is -2.01. The Bertz CT molecular complexity index is 3150. The van der Waals surface area contributed by atoms with Gasteiger partial charge in [0.05, 0.1) is 0 Å². The Kier molecular flexibility index (Phi) is 7.11. The molecule has 258 valence electrons. The summed E-state index contributed by atoms with van der Waals surface area (Å²) < 4.78 is 0. The van der Waals surface area contributed by atoms with Crippen LogP contribution in [-0.2, 0) is 0 Å². The largest absolute Gasteiger partial charge is 0.113 e. The highest BCUT2D eigenvalue weighted by atomic mass is 28.3. The van der Waals surface area contributed by atoms with Gasteiger partial charge in [-0.05, 0) is 121 Å². The van der Waals surface area contributed by atoms with Gasteiger partial charge in [-0.3, -0.25) is 0 Å². The number of hydrogen-bond acceptors (Lipinski definition) is 0. The van der Waals surface area contributed by atoms with E-state index in [1.165, 1.54) is 109 Å². The molecule has 0 spiro atoms. The summed E-state index contributed by atoms with van der Waals surface area (Å²) in [5.74, 6) is 0. The molecule has 0 nitrogen and oxygen atoms in total. The minimum Gasteiger partial charge on any atom is -0.0623 e. The second-order valence-corrected chi connectivity index (χ2v) is 19.9. The van der Waals surface area contributed by atoms with Crippen molar-refractivity contribution < 1.29 is 0 Å². The van der Waals surface area contributed by atoms with Gasteiger partial charge in [-0.1, -0.05) is 195 Å². The van der Waals surface area contributed by atoms with E-state index in [1.54, 1.807) is 0 Å². The Balaban J connectivity index is 1.40. The van der Waals surface area contributed by atoms with E-state index in [2.05, 4.69) is 207 Å². The van der Waals surface area contributed by atoms with Crippen LogP contribution in [0.5, 0.6) is 0 Å². The van der Waals surface area contributed by atoms with Gasteiger partial charge >= 0.3 is 0 Å². The molecule has 0 saturated carbocycles. The number of rotatable bonds is 4. The van der Waals surface area contributed by atoms with E-state index in [4.69, 9.17) is 0 Å². The summed E-state index contributed by atoms with van der Waals surface area (Å²) in [7, 11) is -2.01. The normalized spacial score (nSPS) is 13.1. The first-order valence-electron chi connectivity index (χ1n) is 19.4. The van der Waals surface area contributed by atoms with E-state index >= 15 is 0 Å². The maximum absolute atomic E-state index is 2.62. The van der Waals surface area contributed by atoms with Crippen LogP contribution in [0.4, 0.5) is 0 Å². The molecule has 0 N–H and O–H groups in total. The molecule has 10 aromatic carbocycles. The average Bonchev–Trinajstić information content (AvgIpc) is 3.47. The van der Waals surface area contributed by atoms with Gasteiger partial charge in [0.25, 0.3) is 0 Å². The maximum atomic E-state index is 2.62. The molecule has 0 saturated heterocycles. The Morgan fingerprint density at radius 2 is 0.873 bits per heavy atom. The van der Waals surface area contributed by atoms with Crippen LogP contribution < -0.4 is 10.4 Å². The van der Waals surface area contributed by atoms with Crippen molar-refractivity contribution in [2.24, 2.45) is 0 Å². The highest BCUT2D eigenvalue weighted by Crippen LogP contribution is 2.51. The molecular weight excluding hydrogens is 677 g/mol. The Hall–Kier alpha value is -6.54. The van der Waals surface area contributed by atoms with Crippen molar-refractivity contribution in [3.8, 4) is 55.6 Å². The van der Waals surface area contributed by atoms with Crippen LogP contribution in [0.3, 0.4) is 0 Å². The fourth-order valence-electron chi connectivity index (χ4n) is 9.63. The molecule has 1 aliphatic rings. The van der Waals surface area contributed by atoms with Crippen LogP contribution in [0.15, 0.2) is 194 Å². The van der Waals surface area contributed by atoms with Crippen molar-refractivity contribution in [1.82, 2.24) is 0 Å². The number of fused-ring (bicyclic) bond motifs is 7. The van der Waals surface area contributed by atoms with E-state index < -0.39 is 8.07 Å². The summed E-state index contributed by atoms with van der Waals surface area (Å²) in [6, 6.07) is 72.8. The van der Waals surface area contributed by atoms with Crippen LogP contribution in [0, 0.1) is 0 Å². The molecule has 1 aliphatic heterocycles. The first kappa shape index (κ1) is 31.9. The third kappa shape index (κ3) is 4.83. The standard InChI is InChI=1S/C54H38Si/c1-55(2)50-27-14-13-25-43(50)46-33-48-49(34-51(46)55)52(44-26-15-22-36-20-9-11-23-40(36)44)47-32-39(35-16-5-3-6-17-35)29-31-45(47)54(48)53-41-24-12-10-21-38(41)28-30-42(53)37-18-7-4-8-19-37/h3-34H,1-2H3. The third-order valence-electron chi connectivity index (χ3n) is 12.2. The van der Waals surface area contributed by atoms with E-state index in [9.17, 15) is 0 Å². The lowest BCUT2D eigenvalue weighted by atomic mass is 9.80. The van der Waals surface area contributed by atoms with Crippen LogP contribution in [0.25, 0.3) is 98.7 Å². The maximum Gasteiger partial charge on any atom is 0.113 e. The molecule has 0 amide bonds. The van der Waals surface area contributed by atoms with Gasteiger partial charge in [0, 0.05) is 0 Å². The fourth-order valence-corrected chi connectivity index (χ4v) is 12.7. The second kappa shape index (κ2) is 12.2. The topological polar surface area (TPSA) is 0 Å². The van der Waals surface area contributed by atoms with Crippen LogP contribution in [-0.4, -0.2) is 8.07 Å². The molecule has 55 heavy (non-hydrogen) atoms. The van der Waals surface area contributed by atoms with Crippen molar-refractivity contribution in [1.29, 1.82) is 0 Å². The SMILES string of the molecule is C[Si]1(C)c2ccccc2-c2cc3c(-c4c(-c5ccccc5)ccc5ccccc45)c4ccc(-c5ccccc5)cc4c(-c4cccc5ccccc45)c3cc21. The molecule has 1 heteroatoms. The quantitative estimate of drug-likeness (QED) is 0.126. The van der Waals surface area contributed by atoms with Gasteiger partial charge in [0.1, 0.15) is 8.07 Å². The van der Waals surface area contributed by atoms with Gasteiger partial charge in [-0.2, -0.15) is 0 Å². The summed E-state index contributed by atoms with van der Waals surface area (Å²) in [5.41, 5.74) is 12.9. The van der Waals surface area contributed by atoms with Gasteiger partial charge < -0.3 is 0 Å². The van der Waals surface area contributed by atoms with Crippen molar-refractivity contribution in [2.75, 3.05) is 0 Å². The monoisotopic (exact) mass is 714 g/mol. The van der Waals surface area contributed by atoms with Gasteiger partial charge in [-0.25, -0.2) is 0 Å². The zero-order valence-corrected chi connectivity index (χ0v) is 32.0. The first-order valence-corrected chi connectivity index (χ1v) is 22.4. The summed E-state index contributed by atoms with van der Waals surface area (Å²) in [6.45, 7) is 5.07. The lowest BCUT2D eigenvalue weighted by molar-refractivity contribution is 1.62. The first-order chi connectivity index (χ1) is 27.1. The van der Waals surface area contributed by atoms with E-state index in [0.717, 1.165) is 0 Å². The van der Waals surface area contributed by atoms with Crippen molar-refractivity contribution in [3.05, 3.63) is 194 Å². The molecule has 0 fully saturated rings. The van der Waals surface area contributed by atoms with Crippen molar-refractivity contribution in [3.63, 3.8) is 0 Å². The van der Waals surface area contributed by atoms with Crippen LogP contribution in [0.2, 0.25) is 13.1 Å². The molecule has 0 atom stereocenters. The summed E-state index contributed by atoms with van der Waals surface area (Å²) in [6.07, 6.45) is 0. The van der Waals surface area contributed by atoms with Gasteiger partial charge in [0.2, 0.25) is 0 Å². The van der Waals surface area contributed by atoms with E-state index in [-0.39, 0.29) is 0 Å².